The summed E-state index contributed by atoms with van der Waals surface area (Å²) in [5.41, 5.74) is 4.22. The zero-order valence-electron chi connectivity index (χ0n) is 22.6. The Morgan fingerprint density at radius 2 is 1.90 bits per heavy atom. The Hall–Kier alpha value is -4.63. The Morgan fingerprint density at radius 3 is 2.73 bits per heavy atom. The molecule has 0 bridgehead atoms. The van der Waals surface area contributed by atoms with Crippen LogP contribution in [0, 0.1) is 0 Å². The van der Waals surface area contributed by atoms with Crippen molar-refractivity contribution in [3.8, 4) is 5.75 Å². The predicted molar refractivity (Wildman–Crippen MR) is 153 cm³/mol. The van der Waals surface area contributed by atoms with Gasteiger partial charge in [0.05, 0.1) is 24.5 Å². The van der Waals surface area contributed by atoms with Crippen molar-refractivity contribution in [2.45, 2.75) is 37.5 Å². The van der Waals surface area contributed by atoms with E-state index in [2.05, 4.69) is 10.3 Å². The first-order chi connectivity index (χ1) is 20.0. The number of carbonyl (C=O) groups is 3. The molecular weight excluding hydrogens is 520 g/mol. The van der Waals surface area contributed by atoms with Crippen molar-refractivity contribution < 1.29 is 23.9 Å². The summed E-state index contributed by atoms with van der Waals surface area (Å²) in [6.07, 6.45) is 2.20. The standard InChI is InChI=1S/C32H30N4O5/c1-40-20-9-6-8-19(16-20)29-28-24(22-11-2-4-13-25(22)34-28)17-27-31(38)36(32(39)35(27)29)26-14-5-3-12-23(26)30(37)33-18-21-10-7-15-41-21/h2-6,8-9,11-14,16,21,27,29,34H,7,10,15,17-18H2,1H3,(H,33,37)/t21-,27-,29+/m0/s1. The number of fused-ring (bicyclic) bond motifs is 4. The van der Waals surface area contributed by atoms with Crippen LogP contribution in [0.4, 0.5) is 10.5 Å². The van der Waals surface area contributed by atoms with Crippen LogP contribution in [0.2, 0.25) is 0 Å². The quantitative estimate of drug-likeness (QED) is 0.343. The van der Waals surface area contributed by atoms with Gasteiger partial charge in [-0.05, 0) is 54.3 Å². The number of amides is 4. The predicted octanol–water partition coefficient (Wildman–Crippen LogP) is 4.57. The number of carbonyl (C=O) groups excluding carboxylic acids is 3. The Labute approximate surface area is 237 Å². The van der Waals surface area contributed by atoms with Gasteiger partial charge in [-0.25, -0.2) is 9.69 Å². The molecule has 208 valence electrons. The molecule has 4 heterocycles. The molecule has 7 rings (SSSR count). The summed E-state index contributed by atoms with van der Waals surface area (Å²) in [7, 11) is 1.60. The SMILES string of the molecule is COc1cccc([C@@H]2c3[nH]c4ccccc4c3C[C@H]3C(=O)N(c4ccccc4C(=O)NC[C@@H]4CCCO4)C(=O)N23)c1. The number of nitrogens with one attached hydrogen (secondary N) is 2. The van der Waals surface area contributed by atoms with Gasteiger partial charge in [0, 0.05) is 36.2 Å². The van der Waals surface area contributed by atoms with E-state index in [-0.39, 0.29) is 29.2 Å². The number of aromatic amines is 1. The lowest BCUT2D eigenvalue weighted by Crippen LogP contribution is -2.44. The molecule has 4 amide bonds. The van der Waals surface area contributed by atoms with Gasteiger partial charge in [-0.2, -0.15) is 0 Å². The maximum atomic E-state index is 14.3. The summed E-state index contributed by atoms with van der Waals surface area (Å²) in [5, 5.41) is 3.96. The van der Waals surface area contributed by atoms with Gasteiger partial charge in [-0.15, -0.1) is 0 Å². The molecule has 2 saturated heterocycles. The third kappa shape index (κ3) is 4.15. The van der Waals surface area contributed by atoms with Gasteiger partial charge in [0.1, 0.15) is 17.8 Å². The van der Waals surface area contributed by atoms with Gasteiger partial charge in [-0.1, -0.05) is 42.5 Å². The van der Waals surface area contributed by atoms with E-state index in [4.69, 9.17) is 9.47 Å². The fraction of sp³-hybridized carbons (Fsp3) is 0.281. The van der Waals surface area contributed by atoms with Crippen molar-refractivity contribution >= 4 is 34.4 Å². The maximum Gasteiger partial charge on any atom is 0.332 e. The number of hydrogen-bond donors (Lipinski definition) is 2. The van der Waals surface area contributed by atoms with E-state index < -0.39 is 18.1 Å². The second kappa shape index (κ2) is 10.1. The third-order valence-electron chi connectivity index (χ3n) is 8.36. The third-order valence-corrected chi connectivity index (χ3v) is 8.36. The van der Waals surface area contributed by atoms with E-state index in [9.17, 15) is 14.4 Å². The zero-order valence-corrected chi connectivity index (χ0v) is 22.6. The molecule has 0 spiro atoms. The van der Waals surface area contributed by atoms with E-state index >= 15 is 0 Å². The monoisotopic (exact) mass is 550 g/mol. The number of anilines is 1. The number of nitrogens with zero attached hydrogens (tertiary/aromatic N) is 2. The molecular formula is C32H30N4O5. The topological polar surface area (TPSA) is 104 Å². The van der Waals surface area contributed by atoms with Gasteiger partial charge in [-0.3, -0.25) is 14.5 Å². The van der Waals surface area contributed by atoms with E-state index in [0.717, 1.165) is 40.6 Å². The van der Waals surface area contributed by atoms with Crippen LogP contribution in [0.3, 0.4) is 0 Å². The molecule has 3 aromatic carbocycles. The van der Waals surface area contributed by atoms with Gasteiger partial charge >= 0.3 is 6.03 Å². The Balaban J connectivity index is 1.29. The number of rotatable bonds is 6. The fourth-order valence-corrected chi connectivity index (χ4v) is 6.42. The molecule has 0 aliphatic carbocycles. The van der Waals surface area contributed by atoms with Gasteiger partial charge in [0.15, 0.2) is 0 Å². The molecule has 0 saturated carbocycles. The number of imide groups is 1. The van der Waals surface area contributed by atoms with Gasteiger partial charge < -0.3 is 19.8 Å². The van der Waals surface area contributed by atoms with E-state index in [1.807, 2.05) is 48.5 Å². The van der Waals surface area contributed by atoms with E-state index in [1.54, 1.807) is 36.3 Å². The Kier molecular flexibility index (Phi) is 6.23. The largest absolute Gasteiger partial charge is 0.497 e. The molecule has 3 atom stereocenters. The van der Waals surface area contributed by atoms with Crippen LogP contribution < -0.4 is 15.0 Å². The van der Waals surface area contributed by atoms with Crippen molar-refractivity contribution in [2.24, 2.45) is 0 Å². The molecule has 4 aromatic rings. The van der Waals surface area contributed by atoms with Crippen LogP contribution in [0.25, 0.3) is 10.9 Å². The molecule has 0 unspecified atom stereocenters. The van der Waals surface area contributed by atoms with Crippen LogP contribution in [-0.2, 0) is 16.0 Å². The minimum atomic E-state index is -0.728. The highest BCUT2D eigenvalue weighted by molar-refractivity contribution is 6.24. The lowest BCUT2D eigenvalue weighted by Gasteiger charge is -2.36. The highest BCUT2D eigenvalue weighted by Crippen LogP contribution is 2.45. The highest BCUT2D eigenvalue weighted by atomic mass is 16.5. The first-order valence-corrected chi connectivity index (χ1v) is 13.9. The number of ether oxygens (including phenoxy) is 2. The van der Waals surface area contributed by atoms with Gasteiger partial charge in [0.2, 0.25) is 0 Å². The Bertz CT molecular complexity index is 1670. The van der Waals surface area contributed by atoms with Crippen LogP contribution >= 0.6 is 0 Å². The number of hydrogen-bond acceptors (Lipinski definition) is 5. The van der Waals surface area contributed by atoms with Crippen LogP contribution in [0.5, 0.6) is 5.75 Å². The van der Waals surface area contributed by atoms with Crippen molar-refractivity contribution in [1.82, 2.24) is 15.2 Å². The first-order valence-electron chi connectivity index (χ1n) is 13.9. The average Bonchev–Trinajstić information content (AvgIpc) is 3.72. The zero-order chi connectivity index (χ0) is 28.1. The first kappa shape index (κ1) is 25.3. The number of H-pyrrole nitrogens is 1. The molecule has 1 aromatic heterocycles. The van der Waals surface area contributed by atoms with Crippen LogP contribution in [-0.4, -0.2) is 60.1 Å². The number of methoxy groups -OCH3 is 1. The van der Waals surface area contributed by atoms with Crippen molar-refractivity contribution in [1.29, 1.82) is 0 Å². The lowest BCUT2D eigenvalue weighted by molar-refractivity contribution is -0.120. The maximum absolute atomic E-state index is 14.3. The summed E-state index contributed by atoms with van der Waals surface area (Å²) < 4.78 is 11.1. The summed E-state index contributed by atoms with van der Waals surface area (Å²) >= 11 is 0. The molecule has 9 nitrogen and oxygen atoms in total. The highest BCUT2D eigenvalue weighted by Gasteiger charge is 2.53. The van der Waals surface area contributed by atoms with Crippen molar-refractivity contribution in [3.05, 3.63) is 95.2 Å². The molecule has 3 aliphatic rings. The number of para-hydroxylation sites is 2. The number of urea groups is 1. The van der Waals surface area contributed by atoms with Gasteiger partial charge in [0.25, 0.3) is 11.8 Å². The number of aromatic nitrogens is 1. The van der Waals surface area contributed by atoms with E-state index in [1.165, 1.54) is 4.90 Å². The minimum absolute atomic E-state index is 0.0254. The number of benzene rings is 3. The molecule has 3 aliphatic heterocycles. The Morgan fingerprint density at radius 1 is 1.07 bits per heavy atom. The summed E-state index contributed by atoms with van der Waals surface area (Å²) in [6, 6.07) is 20.6. The lowest BCUT2D eigenvalue weighted by atomic mass is 9.89. The average molecular weight is 551 g/mol. The second-order valence-electron chi connectivity index (χ2n) is 10.7. The molecule has 9 heteroatoms. The van der Waals surface area contributed by atoms with Crippen molar-refractivity contribution in [3.63, 3.8) is 0 Å². The molecule has 2 N–H and O–H groups in total. The fourth-order valence-electron chi connectivity index (χ4n) is 6.42. The minimum Gasteiger partial charge on any atom is -0.497 e. The summed E-state index contributed by atoms with van der Waals surface area (Å²) in [5.74, 6) is -0.0364. The summed E-state index contributed by atoms with van der Waals surface area (Å²) in [4.78, 5) is 48.1. The van der Waals surface area contributed by atoms with E-state index in [0.29, 0.717) is 25.3 Å². The van der Waals surface area contributed by atoms with Crippen LogP contribution in [0.1, 0.15) is 46.1 Å². The normalized spacial score (nSPS) is 21.7. The summed E-state index contributed by atoms with van der Waals surface area (Å²) in [6.45, 7) is 1.07. The molecule has 2 fully saturated rings. The van der Waals surface area contributed by atoms with Crippen LogP contribution in [0.15, 0.2) is 72.8 Å². The smallest absolute Gasteiger partial charge is 0.332 e. The van der Waals surface area contributed by atoms with Crippen molar-refractivity contribution in [2.75, 3.05) is 25.2 Å². The molecule has 41 heavy (non-hydrogen) atoms. The second-order valence-corrected chi connectivity index (χ2v) is 10.7. The molecule has 0 radical (unpaired) electrons.